The van der Waals surface area contributed by atoms with Gasteiger partial charge in [0, 0.05) is 19.3 Å². The number of H-pyrrole nitrogens is 1. The largest absolute Gasteiger partial charge is 0.338 e. The highest BCUT2D eigenvalue weighted by atomic mass is 16.2. The summed E-state index contributed by atoms with van der Waals surface area (Å²) in [6.45, 7) is 0.613. The number of carbonyl (C=O) groups excluding carboxylic acids is 3. The van der Waals surface area contributed by atoms with E-state index < -0.39 is 17.1 Å². The van der Waals surface area contributed by atoms with Crippen LogP contribution in [0.3, 0.4) is 0 Å². The Labute approximate surface area is 119 Å². The number of imide groups is 1. The monoisotopic (exact) mass is 290 g/mol. The summed E-state index contributed by atoms with van der Waals surface area (Å²) in [6.07, 6.45) is 2.13. The maximum Gasteiger partial charge on any atom is 0.322 e. The summed E-state index contributed by atoms with van der Waals surface area (Å²) in [5, 5.41) is 4.84. The summed E-state index contributed by atoms with van der Waals surface area (Å²) in [5.41, 5.74) is -1.28. The number of nitrogens with one attached hydrogen (secondary N) is 3. The molecule has 0 atom stereocenters. The van der Waals surface area contributed by atoms with E-state index in [2.05, 4.69) is 15.6 Å². The summed E-state index contributed by atoms with van der Waals surface area (Å²) in [4.78, 5) is 50.9. The number of rotatable bonds is 1. The van der Waals surface area contributed by atoms with Gasteiger partial charge in [-0.05, 0) is 25.0 Å². The van der Waals surface area contributed by atoms with E-state index in [-0.39, 0.29) is 17.4 Å². The van der Waals surface area contributed by atoms with Crippen LogP contribution in [0.15, 0.2) is 23.1 Å². The van der Waals surface area contributed by atoms with Crippen LogP contribution in [0.5, 0.6) is 0 Å². The number of hydrogen-bond acceptors (Lipinski definition) is 4. The van der Waals surface area contributed by atoms with Crippen molar-refractivity contribution < 1.29 is 14.4 Å². The lowest BCUT2D eigenvalue weighted by atomic mass is 9.87. The second kappa shape index (κ2) is 4.72. The minimum absolute atomic E-state index is 0.0772. The third-order valence-corrected chi connectivity index (χ3v) is 3.97. The van der Waals surface area contributed by atoms with Crippen molar-refractivity contribution >= 4 is 17.8 Å². The highest BCUT2D eigenvalue weighted by Crippen LogP contribution is 2.25. The van der Waals surface area contributed by atoms with E-state index in [1.807, 2.05) is 0 Å². The molecule has 0 unspecified atom stereocenters. The zero-order valence-corrected chi connectivity index (χ0v) is 11.1. The molecule has 0 saturated carbocycles. The third kappa shape index (κ3) is 2.18. The molecule has 0 aliphatic carbocycles. The molecule has 8 heteroatoms. The Balaban J connectivity index is 1.73. The average Bonchev–Trinajstić information content (AvgIpc) is 2.74. The Morgan fingerprint density at radius 2 is 1.90 bits per heavy atom. The van der Waals surface area contributed by atoms with E-state index >= 15 is 0 Å². The number of likely N-dealkylation sites (tertiary alicyclic amines) is 1. The molecule has 2 aliphatic rings. The summed E-state index contributed by atoms with van der Waals surface area (Å²) in [7, 11) is 0. The molecule has 3 N–H and O–H groups in total. The van der Waals surface area contributed by atoms with Crippen LogP contribution >= 0.6 is 0 Å². The van der Waals surface area contributed by atoms with Crippen molar-refractivity contribution in [2.75, 3.05) is 13.1 Å². The zero-order chi connectivity index (χ0) is 15.0. The van der Waals surface area contributed by atoms with Gasteiger partial charge in [0.2, 0.25) is 0 Å². The molecule has 4 amide bonds. The summed E-state index contributed by atoms with van der Waals surface area (Å²) < 4.78 is 0. The van der Waals surface area contributed by atoms with Crippen LogP contribution in [-0.2, 0) is 4.79 Å². The predicted molar refractivity (Wildman–Crippen MR) is 71.6 cm³/mol. The fourth-order valence-electron chi connectivity index (χ4n) is 2.73. The van der Waals surface area contributed by atoms with Gasteiger partial charge >= 0.3 is 6.03 Å². The summed E-state index contributed by atoms with van der Waals surface area (Å²) in [6, 6.07) is 2.56. The summed E-state index contributed by atoms with van der Waals surface area (Å²) >= 11 is 0. The molecule has 2 saturated heterocycles. The molecule has 0 bridgehead atoms. The fraction of sp³-hybridized carbons (Fsp3) is 0.385. The Morgan fingerprint density at radius 3 is 2.48 bits per heavy atom. The molecule has 2 fully saturated rings. The third-order valence-electron chi connectivity index (χ3n) is 3.97. The van der Waals surface area contributed by atoms with Gasteiger partial charge in [0.25, 0.3) is 17.4 Å². The van der Waals surface area contributed by atoms with Gasteiger partial charge in [0.1, 0.15) is 11.1 Å². The second-order valence-electron chi connectivity index (χ2n) is 5.20. The first kappa shape index (κ1) is 13.3. The second-order valence-corrected chi connectivity index (χ2v) is 5.20. The van der Waals surface area contributed by atoms with Gasteiger partial charge in [-0.1, -0.05) is 0 Å². The maximum atomic E-state index is 12.3. The predicted octanol–water partition coefficient (Wildman–Crippen LogP) is -0.811. The Hall–Kier alpha value is -2.64. The van der Waals surface area contributed by atoms with Crippen molar-refractivity contribution in [3.8, 4) is 0 Å². The summed E-state index contributed by atoms with van der Waals surface area (Å²) in [5.74, 6) is -0.714. The van der Waals surface area contributed by atoms with Crippen LogP contribution < -0.4 is 16.2 Å². The van der Waals surface area contributed by atoms with Crippen molar-refractivity contribution in [2.24, 2.45) is 0 Å². The highest BCUT2D eigenvalue weighted by Gasteiger charge is 2.48. The molecule has 3 heterocycles. The van der Waals surface area contributed by atoms with E-state index in [1.54, 1.807) is 6.07 Å². The van der Waals surface area contributed by atoms with Crippen LogP contribution in [0.25, 0.3) is 0 Å². The van der Waals surface area contributed by atoms with E-state index in [0.29, 0.717) is 25.9 Å². The topological polar surface area (TPSA) is 111 Å². The van der Waals surface area contributed by atoms with Gasteiger partial charge in [0.15, 0.2) is 0 Å². The van der Waals surface area contributed by atoms with Crippen molar-refractivity contribution in [1.29, 1.82) is 0 Å². The van der Waals surface area contributed by atoms with Crippen LogP contribution in [-0.4, -0.2) is 46.4 Å². The van der Waals surface area contributed by atoms with E-state index in [4.69, 9.17) is 0 Å². The quantitative estimate of drug-likeness (QED) is 0.587. The van der Waals surface area contributed by atoms with Crippen molar-refractivity contribution in [3.05, 3.63) is 34.2 Å². The lowest BCUT2D eigenvalue weighted by Gasteiger charge is -2.36. The van der Waals surface area contributed by atoms with Gasteiger partial charge in [-0.3, -0.25) is 19.7 Å². The number of hydrogen-bond donors (Lipinski definition) is 3. The minimum Gasteiger partial charge on any atom is -0.338 e. The molecule has 1 spiro atoms. The van der Waals surface area contributed by atoms with E-state index in [0.717, 1.165) is 0 Å². The number of urea groups is 1. The number of piperidine rings is 1. The van der Waals surface area contributed by atoms with Gasteiger partial charge in [-0.15, -0.1) is 0 Å². The number of aromatic amines is 1. The molecule has 110 valence electrons. The van der Waals surface area contributed by atoms with Gasteiger partial charge in [-0.2, -0.15) is 0 Å². The van der Waals surface area contributed by atoms with Crippen LogP contribution in [0, 0.1) is 0 Å². The van der Waals surface area contributed by atoms with Gasteiger partial charge in [-0.25, -0.2) is 4.79 Å². The molecule has 3 rings (SSSR count). The maximum absolute atomic E-state index is 12.3. The SMILES string of the molecule is O=C1NC(=O)C2(CCN(C(=O)c3ccc[nH]c3=O)CC2)N1. The molecule has 1 aromatic rings. The number of pyridine rings is 1. The Morgan fingerprint density at radius 1 is 1.19 bits per heavy atom. The Bertz CT molecular complexity index is 673. The zero-order valence-electron chi connectivity index (χ0n) is 11.1. The van der Waals surface area contributed by atoms with Crippen LogP contribution in [0.1, 0.15) is 23.2 Å². The Kier molecular flexibility index (Phi) is 3.00. The first-order chi connectivity index (χ1) is 10.0. The smallest absolute Gasteiger partial charge is 0.322 e. The van der Waals surface area contributed by atoms with Crippen LogP contribution in [0.4, 0.5) is 4.79 Å². The van der Waals surface area contributed by atoms with E-state index in [9.17, 15) is 19.2 Å². The first-order valence-corrected chi connectivity index (χ1v) is 6.62. The normalized spacial score (nSPS) is 20.3. The van der Waals surface area contributed by atoms with Crippen molar-refractivity contribution in [1.82, 2.24) is 20.5 Å². The highest BCUT2D eigenvalue weighted by molar-refractivity contribution is 6.07. The molecule has 21 heavy (non-hydrogen) atoms. The van der Waals surface area contributed by atoms with Crippen molar-refractivity contribution in [2.45, 2.75) is 18.4 Å². The standard InChI is InChI=1S/C13H14N4O4/c18-9-8(2-1-5-14-9)10(19)17-6-3-13(4-7-17)11(20)15-12(21)16-13/h1-2,5H,3-4,6-7H2,(H,14,18)(H2,15,16,20,21). The number of aromatic nitrogens is 1. The molecular weight excluding hydrogens is 276 g/mol. The minimum atomic E-state index is -0.920. The molecule has 0 radical (unpaired) electrons. The molecule has 2 aliphatic heterocycles. The number of nitrogens with zero attached hydrogens (tertiary/aromatic N) is 1. The lowest BCUT2D eigenvalue weighted by molar-refractivity contribution is -0.125. The molecule has 8 nitrogen and oxygen atoms in total. The lowest BCUT2D eigenvalue weighted by Crippen LogP contribution is -2.56. The fourth-order valence-corrected chi connectivity index (χ4v) is 2.73. The molecule has 1 aromatic heterocycles. The van der Waals surface area contributed by atoms with Crippen LogP contribution in [0.2, 0.25) is 0 Å². The van der Waals surface area contributed by atoms with Crippen molar-refractivity contribution in [3.63, 3.8) is 0 Å². The van der Waals surface area contributed by atoms with Gasteiger partial charge in [0.05, 0.1) is 0 Å². The molecular formula is C13H14N4O4. The number of carbonyl (C=O) groups is 3. The van der Waals surface area contributed by atoms with E-state index in [1.165, 1.54) is 17.2 Å². The first-order valence-electron chi connectivity index (χ1n) is 6.62. The average molecular weight is 290 g/mol. The number of amides is 4. The molecule has 0 aromatic carbocycles. The van der Waals surface area contributed by atoms with Gasteiger partial charge < -0.3 is 15.2 Å².